The van der Waals surface area contributed by atoms with Crippen LogP contribution in [0.5, 0.6) is 0 Å². The van der Waals surface area contributed by atoms with Crippen molar-refractivity contribution < 1.29 is 9.26 Å². The summed E-state index contributed by atoms with van der Waals surface area (Å²) in [6.45, 7) is 7.14. The monoisotopic (exact) mass is 394 g/mol. The van der Waals surface area contributed by atoms with Crippen LogP contribution in [0.15, 0.2) is 9.52 Å². The van der Waals surface area contributed by atoms with Gasteiger partial charge in [0.25, 0.3) is 0 Å². The molecule has 0 bridgehead atoms. The number of hydrogen-bond donors (Lipinski definition) is 2. The van der Waals surface area contributed by atoms with E-state index in [0.29, 0.717) is 12.5 Å². The number of nitrogens with zero attached hydrogens (tertiary/aromatic N) is 2. The molecule has 0 aromatic carbocycles. The molecule has 2 rings (SSSR count). The Balaban J connectivity index is 0.00000200. The highest BCUT2D eigenvalue weighted by molar-refractivity contribution is 14.0. The van der Waals surface area contributed by atoms with Crippen molar-refractivity contribution >= 4 is 29.9 Å². The quantitative estimate of drug-likeness (QED) is 0.461. The molecule has 2 heterocycles. The van der Waals surface area contributed by atoms with Gasteiger partial charge in [-0.25, -0.2) is 0 Å². The van der Waals surface area contributed by atoms with Crippen molar-refractivity contribution in [1.82, 2.24) is 15.8 Å². The molecule has 114 valence electrons. The summed E-state index contributed by atoms with van der Waals surface area (Å²) in [5.74, 6) is 2.23. The van der Waals surface area contributed by atoms with Gasteiger partial charge in [0.15, 0.2) is 5.96 Å². The minimum Gasteiger partial charge on any atom is -0.381 e. The van der Waals surface area contributed by atoms with Crippen molar-refractivity contribution in [2.24, 2.45) is 10.9 Å². The van der Waals surface area contributed by atoms with Crippen LogP contribution in [0.4, 0.5) is 0 Å². The van der Waals surface area contributed by atoms with Crippen LogP contribution in [-0.4, -0.2) is 37.9 Å². The summed E-state index contributed by atoms with van der Waals surface area (Å²) in [6, 6.07) is 0. The van der Waals surface area contributed by atoms with Crippen LogP contribution in [0, 0.1) is 19.8 Å². The molecule has 0 spiro atoms. The highest BCUT2D eigenvalue weighted by Gasteiger charge is 2.16. The average molecular weight is 394 g/mol. The van der Waals surface area contributed by atoms with Crippen LogP contribution in [0.2, 0.25) is 0 Å². The second-order valence-corrected chi connectivity index (χ2v) is 4.84. The second-order valence-electron chi connectivity index (χ2n) is 4.84. The van der Waals surface area contributed by atoms with E-state index in [-0.39, 0.29) is 24.0 Å². The van der Waals surface area contributed by atoms with Gasteiger partial charge < -0.3 is 19.9 Å². The average Bonchev–Trinajstić information content (AvgIpc) is 3.02. The molecule has 1 aliphatic rings. The Morgan fingerprint density at radius 1 is 1.40 bits per heavy atom. The maximum Gasteiger partial charge on any atom is 0.191 e. The highest BCUT2D eigenvalue weighted by atomic mass is 127. The molecular weight excluding hydrogens is 371 g/mol. The lowest BCUT2D eigenvalue weighted by atomic mass is 10.1. The molecule has 1 unspecified atom stereocenters. The fourth-order valence-electron chi connectivity index (χ4n) is 2.13. The molecule has 1 fully saturated rings. The number of hydrogen-bond acceptors (Lipinski definition) is 4. The van der Waals surface area contributed by atoms with Crippen molar-refractivity contribution in [2.45, 2.75) is 26.8 Å². The lowest BCUT2D eigenvalue weighted by Gasteiger charge is -2.14. The number of aromatic nitrogens is 1. The van der Waals surface area contributed by atoms with Gasteiger partial charge in [-0.2, -0.15) is 0 Å². The second kappa shape index (κ2) is 8.46. The molecule has 0 radical (unpaired) electrons. The molecule has 0 saturated carbocycles. The Morgan fingerprint density at radius 2 is 2.20 bits per heavy atom. The first-order chi connectivity index (χ1) is 9.20. The van der Waals surface area contributed by atoms with Gasteiger partial charge in [-0.3, -0.25) is 4.99 Å². The Hall–Kier alpha value is -0.830. The predicted octanol–water partition coefficient (Wildman–Crippen LogP) is 1.61. The van der Waals surface area contributed by atoms with Gasteiger partial charge in [0.05, 0.1) is 12.3 Å². The third-order valence-corrected chi connectivity index (χ3v) is 3.42. The molecule has 0 amide bonds. The van der Waals surface area contributed by atoms with E-state index in [1.807, 2.05) is 13.8 Å². The number of rotatable bonds is 4. The standard InChI is InChI=1S/C13H22N4O2.HI/c1-9-12(10(2)19-17-9)7-16-13(14-3)15-6-11-4-5-18-8-11;/h11H,4-8H2,1-3H3,(H2,14,15,16);1H. The van der Waals surface area contributed by atoms with Crippen LogP contribution in [-0.2, 0) is 11.3 Å². The first-order valence-corrected chi connectivity index (χ1v) is 6.64. The molecule has 20 heavy (non-hydrogen) atoms. The fraction of sp³-hybridized carbons (Fsp3) is 0.692. The molecule has 2 N–H and O–H groups in total. The van der Waals surface area contributed by atoms with Crippen molar-refractivity contribution in [1.29, 1.82) is 0 Å². The number of guanidine groups is 1. The zero-order valence-electron chi connectivity index (χ0n) is 12.2. The van der Waals surface area contributed by atoms with Crippen LogP contribution < -0.4 is 10.6 Å². The maximum atomic E-state index is 5.35. The fourth-order valence-corrected chi connectivity index (χ4v) is 2.13. The zero-order valence-corrected chi connectivity index (χ0v) is 14.6. The Morgan fingerprint density at radius 3 is 2.75 bits per heavy atom. The normalized spacial score (nSPS) is 18.8. The summed E-state index contributed by atoms with van der Waals surface area (Å²) in [5.41, 5.74) is 2.01. The van der Waals surface area contributed by atoms with Crippen molar-refractivity contribution in [2.75, 3.05) is 26.8 Å². The molecule has 1 aliphatic heterocycles. The van der Waals surface area contributed by atoms with E-state index in [9.17, 15) is 0 Å². The maximum absolute atomic E-state index is 5.35. The lowest BCUT2D eigenvalue weighted by molar-refractivity contribution is 0.186. The lowest BCUT2D eigenvalue weighted by Crippen LogP contribution is -2.39. The van der Waals surface area contributed by atoms with Crippen LogP contribution in [0.25, 0.3) is 0 Å². The predicted molar refractivity (Wildman–Crippen MR) is 88.5 cm³/mol. The van der Waals surface area contributed by atoms with Crippen LogP contribution >= 0.6 is 24.0 Å². The summed E-state index contributed by atoms with van der Waals surface area (Å²) in [6.07, 6.45) is 1.12. The Bertz CT molecular complexity index is 422. The van der Waals surface area contributed by atoms with E-state index >= 15 is 0 Å². The minimum absolute atomic E-state index is 0. The number of aryl methyl sites for hydroxylation is 2. The molecule has 1 aromatic rings. The zero-order chi connectivity index (χ0) is 13.7. The van der Waals surface area contributed by atoms with E-state index in [1.165, 1.54) is 0 Å². The molecule has 7 heteroatoms. The molecule has 6 nitrogen and oxygen atoms in total. The van der Waals surface area contributed by atoms with E-state index in [4.69, 9.17) is 9.26 Å². The van der Waals surface area contributed by atoms with E-state index in [2.05, 4.69) is 20.8 Å². The summed E-state index contributed by atoms with van der Waals surface area (Å²) in [5, 5.41) is 10.5. The van der Waals surface area contributed by atoms with Crippen molar-refractivity contribution in [3.63, 3.8) is 0 Å². The number of nitrogens with one attached hydrogen (secondary N) is 2. The Kier molecular flexibility index (Phi) is 7.28. The number of ether oxygens (including phenoxy) is 1. The number of halogens is 1. The molecular formula is C13H23IN4O2. The van der Waals surface area contributed by atoms with E-state index < -0.39 is 0 Å². The minimum atomic E-state index is 0. The van der Waals surface area contributed by atoms with Gasteiger partial charge in [-0.1, -0.05) is 5.16 Å². The van der Waals surface area contributed by atoms with Gasteiger partial charge in [-0.05, 0) is 20.3 Å². The van der Waals surface area contributed by atoms with Crippen molar-refractivity contribution in [3.8, 4) is 0 Å². The van der Waals surface area contributed by atoms with Crippen LogP contribution in [0.1, 0.15) is 23.4 Å². The van der Waals surface area contributed by atoms with Gasteiger partial charge in [0.1, 0.15) is 5.76 Å². The summed E-state index contributed by atoms with van der Waals surface area (Å²) in [7, 11) is 1.77. The SMILES string of the molecule is CN=C(NCc1c(C)noc1C)NCC1CCOC1.I. The topological polar surface area (TPSA) is 71.7 Å². The third kappa shape index (κ3) is 4.62. The van der Waals surface area contributed by atoms with Crippen molar-refractivity contribution in [3.05, 3.63) is 17.0 Å². The largest absolute Gasteiger partial charge is 0.381 e. The number of aliphatic imine (C=N–C) groups is 1. The summed E-state index contributed by atoms with van der Waals surface area (Å²) in [4.78, 5) is 4.21. The summed E-state index contributed by atoms with van der Waals surface area (Å²) >= 11 is 0. The van der Waals surface area contributed by atoms with Gasteiger partial charge in [-0.15, -0.1) is 24.0 Å². The first kappa shape index (κ1) is 17.2. The first-order valence-electron chi connectivity index (χ1n) is 6.64. The molecule has 0 aliphatic carbocycles. The highest BCUT2D eigenvalue weighted by Crippen LogP contribution is 2.12. The van der Waals surface area contributed by atoms with Gasteiger partial charge in [0, 0.05) is 38.2 Å². The molecule has 1 saturated heterocycles. The summed E-state index contributed by atoms with van der Waals surface area (Å²) < 4.78 is 10.5. The van der Waals surface area contributed by atoms with Gasteiger partial charge >= 0.3 is 0 Å². The van der Waals surface area contributed by atoms with E-state index in [1.54, 1.807) is 7.05 Å². The van der Waals surface area contributed by atoms with Crippen LogP contribution in [0.3, 0.4) is 0 Å². The smallest absolute Gasteiger partial charge is 0.191 e. The molecule has 1 aromatic heterocycles. The third-order valence-electron chi connectivity index (χ3n) is 3.42. The Labute approximate surface area is 136 Å². The molecule has 1 atom stereocenters. The van der Waals surface area contributed by atoms with Gasteiger partial charge in [0.2, 0.25) is 0 Å². The van der Waals surface area contributed by atoms with E-state index in [0.717, 1.165) is 49.2 Å².